The first-order valence-electron chi connectivity index (χ1n) is 8.42. The number of hydrogen-bond acceptors (Lipinski definition) is 5. The largest absolute Gasteiger partial charge is 0.357 e. The van der Waals surface area contributed by atoms with E-state index in [9.17, 15) is 0 Å². The number of aromatic nitrogens is 4. The molecule has 2 N–H and O–H groups in total. The first kappa shape index (κ1) is 20.6. The van der Waals surface area contributed by atoms with Gasteiger partial charge >= 0.3 is 0 Å². The predicted octanol–water partition coefficient (Wildman–Crippen LogP) is 3.18. The number of pyridine rings is 1. The molecule has 0 radical (unpaired) electrons. The monoisotopic (exact) mass is 485 g/mol. The van der Waals surface area contributed by atoms with Crippen LogP contribution in [0, 0.1) is 0 Å². The molecule has 140 valence electrons. The van der Waals surface area contributed by atoms with Gasteiger partial charge in [-0.3, -0.25) is 4.40 Å². The normalized spacial score (nSPS) is 11.6. The van der Waals surface area contributed by atoms with Gasteiger partial charge in [0.15, 0.2) is 17.4 Å². The van der Waals surface area contributed by atoms with Crippen molar-refractivity contribution in [3.63, 3.8) is 0 Å². The average Bonchev–Trinajstić information content (AvgIpc) is 3.24. The van der Waals surface area contributed by atoms with E-state index in [1.165, 1.54) is 0 Å². The molecule has 0 saturated heterocycles. The van der Waals surface area contributed by atoms with Gasteiger partial charge in [0.2, 0.25) is 0 Å². The number of guanidine groups is 1. The Bertz CT molecular complexity index is 856. The highest BCUT2D eigenvalue weighted by atomic mass is 127. The smallest absolute Gasteiger partial charge is 0.192 e. The van der Waals surface area contributed by atoms with Gasteiger partial charge in [-0.1, -0.05) is 19.9 Å². The van der Waals surface area contributed by atoms with Crippen molar-refractivity contribution in [3.05, 3.63) is 46.3 Å². The van der Waals surface area contributed by atoms with Crippen LogP contribution in [0.5, 0.6) is 0 Å². The zero-order valence-corrected chi connectivity index (χ0v) is 18.3. The van der Waals surface area contributed by atoms with E-state index in [-0.39, 0.29) is 24.0 Å². The summed E-state index contributed by atoms with van der Waals surface area (Å²) in [5, 5.41) is 18.2. The van der Waals surface area contributed by atoms with Crippen molar-refractivity contribution in [1.82, 2.24) is 30.2 Å². The van der Waals surface area contributed by atoms with Crippen molar-refractivity contribution in [3.8, 4) is 0 Å². The van der Waals surface area contributed by atoms with Gasteiger partial charge in [-0.2, -0.15) is 0 Å². The maximum absolute atomic E-state index is 4.62. The van der Waals surface area contributed by atoms with Crippen molar-refractivity contribution in [2.75, 3.05) is 6.54 Å². The van der Waals surface area contributed by atoms with Crippen molar-refractivity contribution >= 4 is 46.9 Å². The Kier molecular flexibility index (Phi) is 7.76. The summed E-state index contributed by atoms with van der Waals surface area (Å²) in [5.74, 6) is 2.04. The predicted molar refractivity (Wildman–Crippen MR) is 116 cm³/mol. The SMILES string of the molecule is CCNC(=NCc1csc(C(C)C)n1)NCc1nnc2ccccn12.I. The van der Waals surface area contributed by atoms with Gasteiger partial charge in [0.25, 0.3) is 0 Å². The van der Waals surface area contributed by atoms with Crippen molar-refractivity contribution in [1.29, 1.82) is 0 Å². The second-order valence-corrected chi connectivity index (χ2v) is 6.82. The molecule has 0 spiro atoms. The van der Waals surface area contributed by atoms with Gasteiger partial charge in [-0.25, -0.2) is 9.98 Å². The summed E-state index contributed by atoms with van der Waals surface area (Å²) < 4.78 is 1.96. The second-order valence-electron chi connectivity index (χ2n) is 5.93. The number of nitrogens with one attached hydrogen (secondary N) is 2. The molecule has 0 unspecified atom stereocenters. The van der Waals surface area contributed by atoms with Crippen molar-refractivity contribution < 1.29 is 0 Å². The summed E-state index contributed by atoms with van der Waals surface area (Å²) in [6.07, 6.45) is 1.96. The number of thiazole rings is 1. The van der Waals surface area contributed by atoms with E-state index < -0.39 is 0 Å². The maximum atomic E-state index is 4.62. The minimum atomic E-state index is 0. The molecule has 0 aliphatic rings. The van der Waals surface area contributed by atoms with Crippen LogP contribution < -0.4 is 10.6 Å². The topological polar surface area (TPSA) is 79.5 Å². The molecular formula is C17H24IN7S. The third-order valence-corrected chi connectivity index (χ3v) is 4.80. The van der Waals surface area contributed by atoms with E-state index in [2.05, 4.69) is 50.0 Å². The number of rotatable bonds is 6. The Morgan fingerprint density at radius 3 is 2.85 bits per heavy atom. The van der Waals surface area contributed by atoms with E-state index in [1.807, 2.05) is 35.7 Å². The number of halogens is 1. The molecular weight excluding hydrogens is 461 g/mol. The number of aliphatic imine (C=N–C) groups is 1. The highest BCUT2D eigenvalue weighted by molar-refractivity contribution is 14.0. The Hall–Kier alpha value is -1.75. The fourth-order valence-corrected chi connectivity index (χ4v) is 3.16. The first-order chi connectivity index (χ1) is 12.2. The third kappa shape index (κ3) is 5.13. The van der Waals surface area contributed by atoms with Gasteiger partial charge in [-0.05, 0) is 19.1 Å². The highest BCUT2D eigenvalue weighted by Gasteiger charge is 2.07. The van der Waals surface area contributed by atoms with Crippen LogP contribution in [0.4, 0.5) is 0 Å². The molecule has 3 aromatic rings. The summed E-state index contributed by atoms with van der Waals surface area (Å²) in [5.41, 5.74) is 1.84. The van der Waals surface area contributed by atoms with Crippen LogP contribution in [-0.2, 0) is 13.1 Å². The molecule has 26 heavy (non-hydrogen) atoms. The van der Waals surface area contributed by atoms with Crippen LogP contribution in [0.25, 0.3) is 5.65 Å². The Labute approximate surface area is 174 Å². The lowest BCUT2D eigenvalue weighted by atomic mass is 10.2. The van der Waals surface area contributed by atoms with E-state index in [1.54, 1.807) is 11.3 Å². The fraction of sp³-hybridized carbons (Fsp3) is 0.412. The van der Waals surface area contributed by atoms with Crippen LogP contribution in [-0.4, -0.2) is 32.1 Å². The third-order valence-electron chi connectivity index (χ3n) is 3.61. The van der Waals surface area contributed by atoms with Gasteiger partial charge in [0.1, 0.15) is 0 Å². The van der Waals surface area contributed by atoms with Crippen molar-refractivity contribution in [2.45, 2.75) is 39.8 Å². The number of nitrogens with zero attached hydrogens (tertiary/aromatic N) is 5. The van der Waals surface area contributed by atoms with E-state index >= 15 is 0 Å². The number of hydrogen-bond donors (Lipinski definition) is 2. The Morgan fingerprint density at radius 1 is 1.27 bits per heavy atom. The van der Waals surface area contributed by atoms with Gasteiger partial charge in [0.05, 0.1) is 23.8 Å². The maximum Gasteiger partial charge on any atom is 0.192 e. The van der Waals surface area contributed by atoms with Crippen LogP contribution in [0.15, 0.2) is 34.8 Å². The average molecular weight is 485 g/mol. The minimum Gasteiger partial charge on any atom is -0.357 e. The van der Waals surface area contributed by atoms with E-state index in [0.29, 0.717) is 19.0 Å². The molecule has 7 nitrogen and oxygen atoms in total. The first-order valence-corrected chi connectivity index (χ1v) is 9.30. The van der Waals surface area contributed by atoms with Crippen LogP contribution in [0.2, 0.25) is 0 Å². The van der Waals surface area contributed by atoms with Crippen LogP contribution in [0.3, 0.4) is 0 Å². The standard InChI is InChI=1S/C17H23N7S.HI/c1-4-18-17(19-9-13-11-25-16(21-13)12(2)3)20-10-15-23-22-14-7-5-6-8-24(14)15;/h5-8,11-12H,4,9-10H2,1-3H3,(H2,18,19,20);1H. The minimum absolute atomic E-state index is 0. The molecule has 0 amide bonds. The molecule has 3 heterocycles. The lowest BCUT2D eigenvalue weighted by molar-refractivity contribution is 0.763. The summed E-state index contributed by atoms with van der Waals surface area (Å²) in [6.45, 7) is 8.25. The summed E-state index contributed by atoms with van der Waals surface area (Å²) in [7, 11) is 0. The molecule has 3 rings (SSSR count). The Balaban J connectivity index is 0.00000243. The Morgan fingerprint density at radius 2 is 2.12 bits per heavy atom. The summed E-state index contributed by atoms with van der Waals surface area (Å²) >= 11 is 1.69. The quantitative estimate of drug-likeness (QED) is 0.319. The molecule has 0 atom stereocenters. The molecule has 0 bridgehead atoms. The van der Waals surface area contributed by atoms with Gasteiger partial charge < -0.3 is 10.6 Å². The van der Waals surface area contributed by atoms with Crippen LogP contribution >= 0.6 is 35.3 Å². The second kappa shape index (κ2) is 9.81. The lowest BCUT2D eigenvalue weighted by Crippen LogP contribution is -2.37. The summed E-state index contributed by atoms with van der Waals surface area (Å²) in [4.78, 5) is 9.24. The van der Waals surface area contributed by atoms with Gasteiger partial charge in [-0.15, -0.1) is 45.5 Å². The molecule has 0 aliphatic heterocycles. The summed E-state index contributed by atoms with van der Waals surface area (Å²) in [6, 6.07) is 5.85. The molecule has 0 aliphatic carbocycles. The molecule has 3 aromatic heterocycles. The number of fused-ring (bicyclic) bond motifs is 1. The van der Waals surface area contributed by atoms with Crippen molar-refractivity contribution in [2.24, 2.45) is 4.99 Å². The van der Waals surface area contributed by atoms with E-state index in [0.717, 1.165) is 34.7 Å². The molecule has 9 heteroatoms. The highest BCUT2D eigenvalue weighted by Crippen LogP contribution is 2.19. The van der Waals surface area contributed by atoms with Crippen LogP contribution in [0.1, 0.15) is 43.2 Å². The molecule has 0 aromatic carbocycles. The lowest BCUT2D eigenvalue weighted by Gasteiger charge is -2.10. The van der Waals surface area contributed by atoms with Gasteiger partial charge in [0, 0.05) is 24.0 Å². The van der Waals surface area contributed by atoms with E-state index in [4.69, 9.17) is 0 Å². The zero-order chi connectivity index (χ0) is 17.6. The molecule has 0 saturated carbocycles. The zero-order valence-electron chi connectivity index (χ0n) is 15.1. The molecule has 0 fully saturated rings. The fourth-order valence-electron chi connectivity index (χ4n) is 2.34.